The van der Waals surface area contributed by atoms with Crippen LogP contribution in [0.25, 0.3) is 0 Å². The second-order valence-electron chi connectivity index (χ2n) is 11.2. The van der Waals surface area contributed by atoms with Crippen molar-refractivity contribution < 1.29 is 28.4 Å². The summed E-state index contributed by atoms with van der Waals surface area (Å²) >= 11 is 0. The number of rotatable bonds is 4. The topological polar surface area (TPSA) is 77.5 Å². The zero-order valence-corrected chi connectivity index (χ0v) is 22.1. The van der Waals surface area contributed by atoms with Crippen molar-refractivity contribution in [2.75, 3.05) is 26.7 Å². The summed E-state index contributed by atoms with van der Waals surface area (Å²) in [5.41, 5.74) is 0.186. The lowest BCUT2D eigenvalue weighted by Crippen LogP contribution is -2.56. The normalized spacial score (nSPS) is 22.0. The quantitative estimate of drug-likeness (QED) is 0.625. The fraction of sp³-hybridized carbons (Fsp3) is 0.680. The summed E-state index contributed by atoms with van der Waals surface area (Å²) in [6, 6.07) is 5.58. The van der Waals surface area contributed by atoms with Crippen molar-refractivity contribution in [1.82, 2.24) is 9.80 Å². The molecule has 0 spiro atoms. The lowest BCUT2D eigenvalue weighted by Gasteiger charge is -2.40. The minimum Gasteiger partial charge on any atom is -0.496 e. The molecular formula is C25H39BN2O6. The molecule has 0 radical (unpaired) electrons. The smallest absolute Gasteiger partial charge is 0.494 e. The first kappa shape index (κ1) is 26.4. The summed E-state index contributed by atoms with van der Waals surface area (Å²) in [7, 11) is 1.08. The minimum atomic E-state index is -0.550. The van der Waals surface area contributed by atoms with E-state index in [9.17, 15) is 9.59 Å². The highest BCUT2D eigenvalue weighted by Gasteiger charge is 2.51. The van der Waals surface area contributed by atoms with E-state index < -0.39 is 23.9 Å². The summed E-state index contributed by atoms with van der Waals surface area (Å²) < 4.78 is 23.4. The van der Waals surface area contributed by atoms with Crippen LogP contribution in [-0.2, 0) is 25.3 Å². The Balaban J connectivity index is 1.70. The van der Waals surface area contributed by atoms with Crippen LogP contribution in [0.2, 0.25) is 0 Å². The molecular weight excluding hydrogens is 435 g/mol. The van der Waals surface area contributed by atoms with E-state index in [-0.39, 0.29) is 24.5 Å². The van der Waals surface area contributed by atoms with Gasteiger partial charge >= 0.3 is 13.2 Å². The lowest BCUT2D eigenvalue weighted by atomic mass is 9.78. The number of nitrogens with zero attached hydrogens (tertiary/aromatic N) is 2. The first-order chi connectivity index (χ1) is 15.6. The number of amides is 2. The molecule has 0 aliphatic carbocycles. The highest BCUT2D eigenvalue weighted by Crippen LogP contribution is 2.36. The van der Waals surface area contributed by atoms with E-state index in [0.717, 1.165) is 11.0 Å². The Kier molecular flexibility index (Phi) is 7.30. The molecule has 2 fully saturated rings. The van der Waals surface area contributed by atoms with Crippen molar-refractivity contribution in [2.45, 2.75) is 84.7 Å². The number of hydrogen-bond acceptors (Lipinski definition) is 6. The number of methoxy groups -OCH3 is 1. The van der Waals surface area contributed by atoms with Gasteiger partial charge < -0.3 is 28.6 Å². The van der Waals surface area contributed by atoms with Gasteiger partial charge in [0.25, 0.3) is 0 Å². The summed E-state index contributed by atoms with van der Waals surface area (Å²) in [6.45, 7) is 16.9. The van der Waals surface area contributed by atoms with Gasteiger partial charge in [0.2, 0.25) is 5.91 Å². The van der Waals surface area contributed by atoms with E-state index in [2.05, 4.69) is 0 Å². The van der Waals surface area contributed by atoms with Gasteiger partial charge in [-0.2, -0.15) is 0 Å². The fourth-order valence-electron chi connectivity index (χ4n) is 4.15. The van der Waals surface area contributed by atoms with Gasteiger partial charge in [-0.1, -0.05) is 12.1 Å². The third-order valence-electron chi connectivity index (χ3n) is 6.77. The molecule has 3 rings (SSSR count). The molecule has 2 amide bonds. The predicted octanol–water partition coefficient (Wildman–Crippen LogP) is 3.00. The van der Waals surface area contributed by atoms with Crippen LogP contribution in [0.5, 0.6) is 5.75 Å². The van der Waals surface area contributed by atoms with Crippen LogP contribution >= 0.6 is 0 Å². The molecule has 34 heavy (non-hydrogen) atoms. The minimum absolute atomic E-state index is 0.0132. The predicted molar refractivity (Wildman–Crippen MR) is 131 cm³/mol. The van der Waals surface area contributed by atoms with Crippen LogP contribution in [0, 0.1) is 0 Å². The average molecular weight is 474 g/mol. The highest BCUT2D eigenvalue weighted by molar-refractivity contribution is 6.62. The molecule has 2 aliphatic rings. The van der Waals surface area contributed by atoms with Crippen molar-refractivity contribution in [3.8, 4) is 5.75 Å². The maximum absolute atomic E-state index is 13.3. The molecule has 0 saturated carbocycles. The van der Waals surface area contributed by atoms with Crippen molar-refractivity contribution in [3.05, 3.63) is 23.8 Å². The molecule has 2 aliphatic heterocycles. The number of hydrogen-bond donors (Lipinski definition) is 0. The second-order valence-corrected chi connectivity index (χ2v) is 11.2. The van der Waals surface area contributed by atoms with E-state index in [1.54, 1.807) is 12.0 Å². The number of piperazine rings is 1. The SMILES string of the molecule is COc1ccc(B2OC(C)(C)C(C)(C)O2)cc1CC(=O)N1CCN(C(=O)OC(C)(C)C)CC1C. The molecule has 2 heterocycles. The van der Waals surface area contributed by atoms with Gasteiger partial charge in [0.1, 0.15) is 11.4 Å². The van der Waals surface area contributed by atoms with Gasteiger partial charge in [0, 0.05) is 31.2 Å². The number of carbonyl (C=O) groups excluding carboxylic acids is 2. The molecule has 0 N–H and O–H groups in total. The van der Waals surface area contributed by atoms with E-state index in [1.807, 2.05) is 78.5 Å². The largest absolute Gasteiger partial charge is 0.496 e. The van der Waals surface area contributed by atoms with Gasteiger partial charge in [-0.15, -0.1) is 0 Å². The Hall–Kier alpha value is -2.26. The van der Waals surface area contributed by atoms with Crippen molar-refractivity contribution in [1.29, 1.82) is 0 Å². The Morgan fingerprint density at radius 2 is 1.74 bits per heavy atom. The third kappa shape index (κ3) is 5.69. The highest BCUT2D eigenvalue weighted by atomic mass is 16.7. The number of benzene rings is 1. The van der Waals surface area contributed by atoms with E-state index >= 15 is 0 Å². The maximum Gasteiger partial charge on any atom is 0.494 e. The summed E-state index contributed by atoms with van der Waals surface area (Å²) in [5.74, 6) is 0.634. The van der Waals surface area contributed by atoms with E-state index in [4.69, 9.17) is 18.8 Å². The molecule has 9 heteroatoms. The van der Waals surface area contributed by atoms with Gasteiger partial charge in [0.05, 0.1) is 24.7 Å². The van der Waals surface area contributed by atoms with Crippen LogP contribution in [0.3, 0.4) is 0 Å². The Morgan fingerprint density at radius 1 is 1.12 bits per heavy atom. The monoisotopic (exact) mass is 474 g/mol. The Labute approximate surface area is 204 Å². The van der Waals surface area contributed by atoms with Gasteiger partial charge in [-0.05, 0) is 66.9 Å². The second kappa shape index (κ2) is 9.42. The van der Waals surface area contributed by atoms with Gasteiger partial charge in [-0.3, -0.25) is 4.79 Å². The summed E-state index contributed by atoms with van der Waals surface area (Å²) in [6.07, 6.45) is -0.156. The molecule has 1 unspecified atom stereocenters. The van der Waals surface area contributed by atoms with E-state index in [0.29, 0.717) is 25.4 Å². The zero-order chi connectivity index (χ0) is 25.5. The number of carbonyl (C=O) groups is 2. The number of ether oxygens (including phenoxy) is 2. The molecule has 0 aromatic heterocycles. The van der Waals surface area contributed by atoms with Crippen LogP contribution in [-0.4, -0.2) is 78.5 Å². The third-order valence-corrected chi connectivity index (χ3v) is 6.77. The first-order valence-electron chi connectivity index (χ1n) is 11.9. The van der Waals surface area contributed by atoms with E-state index in [1.165, 1.54) is 0 Å². The zero-order valence-electron chi connectivity index (χ0n) is 22.1. The molecule has 0 bridgehead atoms. The van der Waals surface area contributed by atoms with Gasteiger partial charge in [-0.25, -0.2) is 4.79 Å². The Morgan fingerprint density at radius 3 is 2.26 bits per heavy atom. The van der Waals surface area contributed by atoms with Crippen LogP contribution in [0.1, 0.15) is 61.0 Å². The summed E-state index contributed by atoms with van der Waals surface area (Å²) in [4.78, 5) is 29.2. The van der Waals surface area contributed by atoms with Crippen LogP contribution in [0.15, 0.2) is 18.2 Å². The lowest BCUT2D eigenvalue weighted by molar-refractivity contribution is -0.134. The maximum atomic E-state index is 13.3. The molecule has 1 aromatic carbocycles. The molecule has 8 nitrogen and oxygen atoms in total. The average Bonchev–Trinajstić information content (AvgIpc) is 2.93. The van der Waals surface area contributed by atoms with Gasteiger partial charge in [0.15, 0.2) is 0 Å². The summed E-state index contributed by atoms with van der Waals surface area (Å²) in [5, 5.41) is 0. The molecule has 188 valence electrons. The first-order valence-corrected chi connectivity index (χ1v) is 11.9. The van der Waals surface area contributed by atoms with Crippen molar-refractivity contribution >= 4 is 24.6 Å². The molecule has 1 atom stereocenters. The van der Waals surface area contributed by atoms with Crippen molar-refractivity contribution in [2.24, 2.45) is 0 Å². The standard InChI is InChI=1S/C25H39BN2O6/c1-17-16-27(22(30)32-23(2,3)4)12-13-28(17)21(29)15-18-14-19(10-11-20(18)31-9)26-33-24(5,6)25(7,8)34-26/h10-11,14,17H,12-13,15-16H2,1-9H3. The molecule has 2 saturated heterocycles. The van der Waals surface area contributed by atoms with Crippen molar-refractivity contribution in [3.63, 3.8) is 0 Å². The molecule has 1 aromatic rings. The van der Waals surface area contributed by atoms with Crippen LogP contribution in [0.4, 0.5) is 4.79 Å². The van der Waals surface area contributed by atoms with Crippen LogP contribution < -0.4 is 10.2 Å². The Bertz CT molecular complexity index is 910. The fourth-order valence-corrected chi connectivity index (χ4v) is 4.15.